The van der Waals surface area contributed by atoms with Crippen LogP contribution in [0, 0.1) is 5.92 Å². The summed E-state index contributed by atoms with van der Waals surface area (Å²) in [7, 11) is 0. The van der Waals surface area contributed by atoms with E-state index in [1.807, 2.05) is 35.4 Å². The molecule has 2 heterocycles. The van der Waals surface area contributed by atoms with Gasteiger partial charge in [0.1, 0.15) is 0 Å². The molecule has 2 aliphatic rings. The van der Waals surface area contributed by atoms with Gasteiger partial charge >= 0.3 is 0 Å². The molecule has 0 N–H and O–H groups in total. The quantitative estimate of drug-likeness (QED) is 0.804. The minimum atomic E-state index is -0.162. The van der Waals surface area contributed by atoms with Crippen molar-refractivity contribution in [2.75, 3.05) is 25.4 Å². The molecule has 0 aliphatic carbocycles. The van der Waals surface area contributed by atoms with Crippen LogP contribution in [-0.4, -0.2) is 51.9 Å². The molecule has 2 amide bonds. The minimum Gasteiger partial charge on any atom is -0.342 e. The van der Waals surface area contributed by atoms with Crippen molar-refractivity contribution in [3.05, 3.63) is 34.9 Å². The molecule has 0 unspecified atom stereocenters. The van der Waals surface area contributed by atoms with Crippen molar-refractivity contribution in [1.29, 1.82) is 0 Å². The maximum absolute atomic E-state index is 12.9. The summed E-state index contributed by atoms with van der Waals surface area (Å²) in [6.07, 6.45) is 1.69. The zero-order valence-corrected chi connectivity index (χ0v) is 15.7. The fourth-order valence-corrected chi connectivity index (χ4v) is 5.08. The van der Waals surface area contributed by atoms with Crippen LogP contribution in [0.2, 0.25) is 5.02 Å². The highest BCUT2D eigenvalue weighted by Gasteiger charge is 2.47. The first-order valence-corrected chi connectivity index (χ1v) is 9.79. The van der Waals surface area contributed by atoms with Crippen LogP contribution < -0.4 is 0 Å². The molecule has 4 nitrogen and oxygen atoms in total. The maximum atomic E-state index is 12.9. The van der Waals surface area contributed by atoms with Crippen LogP contribution in [0.25, 0.3) is 0 Å². The average Bonchev–Trinajstić information content (AvgIpc) is 2.98. The highest BCUT2D eigenvalue weighted by atomic mass is 35.5. The third-order valence-corrected chi connectivity index (χ3v) is 6.67. The van der Waals surface area contributed by atoms with E-state index in [0.717, 1.165) is 38.2 Å². The predicted octanol–water partition coefficient (Wildman–Crippen LogP) is 3.50. The van der Waals surface area contributed by atoms with Gasteiger partial charge in [-0.25, -0.2) is 0 Å². The SMILES string of the molecule is CC(C)C(=O)N1CCC2(CC1)SCCN2C(=O)c1ccc(Cl)cc1. The molecule has 2 aliphatic heterocycles. The standard InChI is InChI=1S/C18H23ClN2O2S/c1-13(2)16(22)20-9-7-18(8-10-20)21(11-12-24-18)17(23)14-3-5-15(19)6-4-14/h3-6,13H,7-12H2,1-2H3. The normalized spacial score (nSPS) is 20.0. The predicted molar refractivity (Wildman–Crippen MR) is 98.3 cm³/mol. The zero-order valence-electron chi connectivity index (χ0n) is 14.1. The molecule has 3 rings (SSSR count). The molecular weight excluding hydrogens is 344 g/mol. The van der Waals surface area contributed by atoms with Gasteiger partial charge in [-0.2, -0.15) is 0 Å². The maximum Gasteiger partial charge on any atom is 0.254 e. The smallest absolute Gasteiger partial charge is 0.254 e. The topological polar surface area (TPSA) is 40.6 Å². The van der Waals surface area contributed by atoms with E-state index in [4.69, 9.17) is 11.6 Å². The number of rotatable bonds is 2. The van der Waals surface area contributed by atoms with Crippen LogP contribution in [0.1, 0.15) is 37.0 Å². The summed E-state index contributed by atoms with van der Waals surface area (Å²) < 4.78 is 0. The van der Waals surface area contributed by atoms with Gasteiger partial charge in [-0.05, 0) is 37.1 Å². The summed E-state index contributed by atoms with van der Waals surface area (Å²) in [4.78, 5) is 28.9. The first-order valence-electron chi connectivity index (χ1n) is 8.43. The van der Waals surface area contributed by atoms with Crippen LogP contribution in [0.4, 0.5) is 0 Å². The fourth-order valence-electron chi connectivity index (χ4n) is 3.50. The lowest BCUT2D eigenvalue weighted by Gasteiger charge is -2.44. The summed E-state index contributed by atoms with van der Waals surface area (Å²) in [5.74, 6) is 1.27. The molecule has 0 aromatic heterocycles. The highest BCUT2D eigenvalue weighted by Crippen LogP contribution is 2.44. The second-order valence-corrected chi connectivity index (χ2v) is 8.63. The first-order chi connectivity index (χ1) is 11.4. The molecule has 0 saturated carbocycles. The van der Waals surface area contributed by atoms with Gasteiger partial charge in [0.15, 0.2) is 0 Å². The van der Waals surface area contributed by atoms with Gasteiger partial charge < -0.3 is 9.80 Å². The second kappa shape index (κ2) is 6.96. The number of amides is 2. The summed E-state index contributed by atoms with van der Waals surface area (Å²) in [6, 6.07) is 7.10. The molecule has 0 atom stereocenters. The summed E-state index contributed by atoms with van der Waals surface area (Å²) >= 11 is 7.79. The molecule has 1 aromatic rings. The second-order valence-electron chi connectivity index (χ2n) is 6.74. The molecule has 24 heavy (non-hydrogen) atoms. The number of likely N-dealkylation sites (tertiary alicyclic amines) is 1. The largest absolute Gasteiger partial charge is 0.342 e. The molecule has 2 saturated heterocycles. The Kier molecular flexibility index (Phi) is 5.11. The van der Waals surface area contributed by atoms with E-state index < -0.39 is 0 Å². The molecule has 0 radical (unpaired) electrons. The average molecular weight is 367 g/mol. The zero-order chi connectivity index (χ0) is 17.3. The molecular formula is C18H23ClN2O2S. The Labute approximate surface area is 152 Å². The van der Waals surface area contributed by atoms with E-state index in [-0.39, 0.29) is 22.6 Å². The summed E-state index contributed by atoms with van der Waals surface area (Å²) in [5, 5.41) is 0.637. The third kappa shape index (κ3) is 3.29. The number of hydrogen-bond acceptors (Lipinski definition) is 3. The number of thioether (sulfide) groups is 1. The highest BCUT2D eigenvalue weighted by molar-refractivity contribution is 8.00. The van der Waals surface area contributed by atoms with E-state index >= 15 is 0 Å². The summed E-state index contributed by atoms with van der Waals surface area (Å²) in [6.45, 7) is 6.11. The monoisotopic (exact) mass is 366 g/mol. The summed E-state index contributed by atoms with van der Waals surface area (Å²) in [5.41, 5.74) is 0.682. The van der Waals surface area contributed by atoms with Crippen molar-refractivity contribution in [3.63, 3.8) is 0 Å². The van der Waals surface area contributed by atoms with Gasteiger partial charge in [0.05, 0.1) is 4.87 Å². The number of carbonyl (C=O) groups is 2. The Morgan fingerprint density at radius 1 is 1.12 bits per heavy atom. The van der Waals surface area contributed by atoms with Crippen LogP contribution in [0.15, 0.2) is 24.3 Å². The number of halogens is 1. The van der Waals surface area contributed by atoms with E-state index in [1.165, 1.54) is 0 Å². The lowest BCUT2D eigenvalue weighted by Crippen LogP contribution is -2.54. The molecule has 1 spiro atoms. The van der Waals surface area contributed by atoms with Gasteiger partial charge in [0, 0.05) is 41.9 Å². The van der Waals surface area contributed by atoms with Crippen molar-refractivity contribution < 1.29 is 9.59 Å². The number of hydrogen-bond donors (Lipinski definition) is 0. The van der Waals surface area contributed by atoms with Crippen LogP contribution >= 0.6 is 23.4 Å². The van der Waals surface area contributed by atoms with Crippen LogP contribution in [0.5, 0.6) is 0 Å². The third-order valence-electron chi connectivity index (χ3n) is 4.86. The van der Waals surface area contributed by atoms with Gasteiger partial charge in [0.25, 0.3) is 5.91 Å². The van der Waals surface area contributed by atoms with Gasteiger partial charge in [-0.1, -0.05) is 25.4 Å². The van der Waals surface area contributed by atoms with Crippen LogP contribution in [-0.2, 0) is 4.79 Å². The van der Waals surface area contributed by atoms with Crippen molar-refractivity contribution in [3.8, 4) is 0 Å². The van der Waals surface area contributed by atoms with E-state index in [1.54, 1.807) is 24.3 Å². The molecule has 0 bridgehead atoms. The molecule has 1 aromatic carbocycles. The Hall–Kier alpha value is -1.20. The van der Waals surface area contributed by atoms with Crippen molar-refractivity contribution in [1.82, 2.24) is 9.80 Å². The van der Waals surface area contributed by atoms with Crippen molar-refractivity contribution >= 4 is 35.2 Å². The molecule has 2 fully saturated rings. The Morgan fingerprint density at radius 3 is 2.33 bits per heavy atom. The number of nitrogens with zero attached hydrogens (tertiary/aromatic N) is 2. The lowest BCUT2D eigenvalue weighted by atomic mass is 9.99. The Morgan fingerprint density at radius 2 is 1.75 bits per heavy atom. The fraction of sp³-hybridized carbons (Fsp3) is 0.556. The van der Waals surface area contributed by atoms with Crippen molar-refractivity contribution in [2.45, 2.75) is 31.6 Å². The van der Waals surface area contributed by atoms with E-state index in [9.17, 15) is 9.59 Å². The van der Waals surface area contributed by atoms with Crippen molar-refractivity contribution in [2.24, 2.45) is 5.92 Å². The number of benzene rings is 1. The molecule has 130 valence electrons. The minimum absolute atomic E-state index is 0.0297. The Balaban J connectivity index is 1.73. The Bertz CT molecular complexity index is 624. The van der Waals surface area contributed by atoms with Gasteiger partial charge in [-0.15, -0.1) is 11.8 Å². The number of carbonyl (C=O) groups excluding carboxylic acids is 2. The lowest BCUT2D eigenvalue weighted by molar-refractivity contribution is -0.136. The first kappa shape index (κ1) is 17.6. The van der Waals surface area contributed by atoms with E-state index in [0.29, 0.717) is 10.6 Å². The van der Waals surface area contributed by atoms with Crippen LogP contribution in [0.3, 0.4) is 0 Å². The van der Waals surface area contributed by atoms with Gasteiger partial charge in [0.2, 0.25) is 5.91 Å². The molecule has 6 heteroatoms. The number of piperidine rings is 1. The van der Waals surface area contributed by atoms with Gasteiger partial charge in [-0.3, -0.25) is 9.59 Å². The van der Waals surface area contributed by atoms with E-state index in [2.05, 4.69) is 0 Å².